The van der Waals surface area contributed by atoms with Crippen molar-refractivity contribution in [1.82, 2.24) is 0 Å². The van der Waals surface area contributed by atoms with Gasteiger partial charge in [-0.25, -0.2) is 4.79 Å². The van der Waals surface area contributed by atoms with Crippen molar-refractivity contribution in [2.75, 3.05) is 6.61 Å². The molecule has 3 atom stereocenters. The molecular formula is C27H28O5. The number of cyclic esters (lactones) is 1. The Morgan fingerprint density at radius 2 is 1.16 bits per heavy atom. The third kappa shape index (κ3) is 6.26. The van der Waals surface area contributed by atoms with E-state index in [0.29, 0.717) is 32.8 Å². The zero-order valence-corrected chi connectivity index (χ0v) is 18.0. The molecule has 1 aliphatic heterocycles. The summed E-state index contributed by atoms with van der Waals surface area (Å²) in [6, 6.07) is 29.7. The Balaban J connectivity index is 1.36. The van der Waals surface area contributed by atoms with Gasteiger partial charge in [-0.05, 0) is 16.7 Å². The molecular weight excluding hydrogens is 404 g/mol. The van der Waals surface area contributed by atoms with E-state index in [1.165, 1.54) is 0 Å². The number of esters is 1. The van der Waals surface area contributed by atoms with Crippen LogP contribution in [-0.4, -0.2) is 30.9 Å². The summed E-state index contributed by atoms with van der Waals surface area (Å²) in [7, 11) is 0. The van der Waals surface area contributed by atoms with E-state index >= 15 is 0 Å². The van der Waals surface area contributed by atoms with Crippen LogP contribution in [-0.2, 0) is 43.6 Å². The van der Waals surface area contributed by atoms with E-state index in [9.17, 15) is 4.79 Å². The maximum absolute atomic E-state index is 12.6. The molecule has 1 heterocycles. The third-order valence-corrected chi connectivity index (χ3v) is 5.38. The van der Waals surface area contributed by atoms with Crippen molar-refractivity contribution in [3.63, 3.8) is 0 Å². The number of ether oxygens (including phenoxy) is 4. The average molecular weight is 433 g/mol. The molecule has 0 aromatic heterocycles. The van der Waals surface area contributed by atoms with Crippen molar-refractivity contribution in [2.45, 2.75) is 44.6 Å². The highest BCUT2D eigenvalue weighted by atomic mass is 16.6. The van der Waals surface area contributed by atoms with Gasteiger partial charge in [0.25, 0.3) is 0 Å². The number of rotatable bonds is 11. The number of benzene rings is 3. The lowest BCUT2D eigenvalue weighted by atomic mass is 10.1. The van der Waals surface area contributed by atoms with Crippen molar-refractivity contribution in [3.8, 4) is 0 Å². The Morgan fingerprint density at radius 3 is 1.72 bits per heavy atom. The molecule has 5 nitrogen and oxygen atoms in total. The highest BCUT2D eigenvalue weighted by Gasteiger charge is 2.46. The molecule has 3 aromatic rings. The third-order valence-electron chi connectivity index (χ3n) is 5.38. The van der Waals surface area contributed by atoms with Gasteiger partial charge in [0.1, 0.15) is 12.2 Å². The normalized spacial score (nSPS) is 20.2. The molecule has 32 heavy (non-hydrogen) atoms. The van der Waals surface area contributed by atoms with Crippen LogP contribution in [0, 0.1) is 0 Å². The number of carbonyl (C=O) groups excluding carboxylic acids is 1. The Labute approximate surface area is 188 Å². The van der Waals surface area contributed by atoms with Crippen LogP contribution in [0.1, 0.15) is 23.1 Å². The zero-order valence-electron chi connectivity index (χ0n) is 18.0. The van der Waals surface area contributed by atoms with Crippen LogP contribution in [0.4, 0.5) is 0 Å². The first-order valence-corrected chi connectivity index (χ1v) is 10.9. The van der Waals surface area contributed by atoms with Crippen LogP contribution >= 0.6 is 0 Å². The van der Waals surface area contributed by atoms with Crippen molar-refractivity contribution < 1.29 is 23.7 Å². The van der Waals surface area contributed by atoms with E-state index in [4.69, 9.17) is 18.9 Å². The molecule has 1 saturated heterocycles. The summed E-state index contributed by atoms with van der Waals surface area (Å²) in [5, 5.41) is 0. The lowest BCUT2D eigenvalue weighted by molar-refractivity contribution is -0.151. The lowest BCUT2D eigenvalue weighted by Crippen LogP contribution is -2.36. The summed E-state index contributed by atoms with van der Waals surface area (Å²) in [6.45, 7) is 1.69. The summed E-state index contributed by atoms with van der Waals surface area (Å²) in [5.74, 6) is -0.382. The molecule has 0 N–H and O–H groups in total. The summed E-state index contributed by atoms with van der Waals surface area (Å²) in [6.07, 6.45) is -1.13. The van der Waals surface area contributed by atoms with E-state index < -0.39 is 18.3 Å². The molecule has 0 amide bonds. The molecule has 1 aliphatic rings. The van der Waals surface area contributed by atoms with Crippen LogP contribution in [0.2, 0.25) is 0 Å². The minimum Gasteiger partial charge on any atom is -0.457 e. The van der Waals surface area contributed by atoms with Gasteiger partial charge in [0.15, 0.2) is 6.10 Å². The highest BCUT2D eigenvalue weighted by molar-refractivity contribution is 5.78. The molecule has 0 unspecified atom stereocenters. The van der Waals surface area contributed by atoms with E-state index in [2.05, 4.69) is 0 Å². The van der Waals surface area contributed by atoms with Gasteiger partial charge in [-0.2, -0.15) is 0 Å². The van der Waals surface area contributed by atoms with Gasteiger partial charge < -0.3 is 18.9 Å². The molecule has 166 valence electrons. The minimum atomic E-state index is -0.766. The molecule has 5 heteroatoms. The number of hydrogen-bond acceptors (Lipinski definition) is 5. The Kier molecular flexibility index (Phi) is 8.04. The molecule has 0 bridgehead atoms. The van der Waals surface area contributed by atoms with Crippen LogP contribution in [0.3, 0.4) is 0 Å². The lowest BCUT2D eigenvalue weighted by Gasteiger charge is -2.22. The first-order valence-electron chi connectivity index (χ1n) is 10.9. The molecule has 0 spiro atoms. The van der Waals surface area contributed by atoms with Crippen LogP contribution in [0.15, 0.2) is 91.0 Å². The quantitative estimate of drug-likeness (QED) is 0.325. The van der Waals surface area contributed by atoms with Crippen molar-refractivity contribution in [3.05, 3.63) is 108 Å². The van der Waals surface area contributed by atoms with Gasteiger partial charge in [-0.15, -0.1) is 0 Å². The van der Waals surface area contributed by atoms with Crippen molar-refractivity contribution in [2.24, 2.45) is 0 Å². The summed E-state index contributed by atoms with van der Waals surface area (Å²) < 4.78 is 23.6. The van der Waals surface area contributed by atoms with Gasteiger partial charge in [0.2, 0.25) is 0 Å². The van der Waals surface area contributed by atoms with Crippen LogP contribution in [0.5, 0.6) is 0 Å². The van der Waals surface area contributed by atoms with E-state index in [1.54, 1.807) is 0 Å². The Hall–Kier alpha value is -2.99. The number of hydrogen-bond donors (Lipinski definition) is 0. The largest absolute Gasteiger partial charge is 0.457 e. The predicted octanol–water partition coefficient (Wildman–Crippen LogP) is 4.69. The Bertz CT molecular complexity index is 946. The fourth-order valence-corrected chi connectivity index (χ4v) is 3.68. The summed E-state index contributed by atoms with van der Waals surface area (Å²) >= 11 is 0. The molecule has 0 saturated carbocycles. The fourth-order valence-electron chi connectivity index (χ4n) is 3.68. The molecule has 4 rings (SSSR count). The van der Waals surface area contributed by atoms with Gasteiger partial charge in [-0.1, -0.05) is 91.0 Å². The average Bonchev–Trinajstić information content (AvgIpc) is 3.15. The summed E-state index contributed by atoms with van der Waals surface area (Å²) in [4.78, 5) is 12.6. The maximum atomic E-state index is 12.6. The second-order valence-corrected chi connectivity index (χ2v) is 7.78. The van der Waals surface area contributed by atoms with Crippen LogP contribution in [0.25, 0.3) is 0 Å². The zero-order chi connectivity index (χ0) is 22.0. The van der Waals surface area contributed by atoms with Gasteiger partial charge in [-0.3, -0.25) is 0 Å². The van der Waals surface area contributed by atoms with Crippen molar-refractivity contribution >= 4 is 5.97 Å². The number of carbonyl (C=O) groups is 1. The highest BCUT2D eigenvalue weighted by Crippen LogP contribution is 2.26. The topological polar surface area (TPSA) is 54.0 Å². The SMILES string of the molecule is O=C1O[C@H](CCOCc2ccccc2)[C@@H](OCc2ccccc2)[C@H]1OCc1ccccc1. The molecule has 0 aliphatic carbocycles. The van der Waals surface area contributed by atoms with E-state index in [0.717, 1.165) is 16.7 Å². The molecule has 3 aromatic carbocycles. The Morgan fingerprint density at radius 1 is 0.656 bits per heavy atom. The van der Waals surface area contributed by atoms with E-state index in [-0.39, 0.29) is 5.97 Å². The van der Waals surface area contributed by atoms with Crippen LogP contribution < -0.4 is 0 Å². The fraction of sp³-hybridized carbons (Fsp3) is 0.296. The monoisotopic (exact) mass is 432 g/mol. The first-order chi connectivity index (χ1) is 15.8. The van der Waals surface area contributed by atoms with Gasteiger partial charge >= 0.3 is 5.97 Å². The first kappa shape index (κ1) is 22.2. The standard InChI is InChI=1S/C27H28O5/c28-27-26(31-20-23-14-8-3-9-15-23)25(30-19-22-12-6-2-7-13-22)24(32-27)16-17-29-18-21-10-4-1-5-11-21/h1-15,24-26H,16-20H2/t24-,25-,26-/m1/s1. The predicted molar refractivity (Wildman–Crippen MR) is 121 cm³/mol. The van der Waals surface area contributed by atoms with E-state index in [1.807, 2.05) is 91.0 Å². The second-order valence-electron chi connectivity index (χ2n) is 7.78. The van der Waals surface area contributed by atoms with Gasteiger partial charge in [0.05, 0.1) is 26.4 Å². The second kappa shape index (κ2) is 11.6. The maximum Gasteiger partial charge on any atom is 0.338 e. The van der Waals surface area contributed by atoms with Gasteiger partial charge in [0, 0.05) is 6.42 Å². The smallest absolute Gasteiger partial charge is 0.338 e. The molecule has 0 radical (unpaired) electrons. The van der Waals surface area contributed by atoms with Crippen molar-refractivity contribution in [1.29, 1.82) is 0 Å². The minimum absolute atomic E-state index is 0.322. The summed E-state index contributed by atoms with van der Waals surface area (Å²) in [5.41, 5.74) is 3.14. The molecule has 1 fully saturated rings.